The minimum absolute atomic E-state index is 0.0299. The molecule has 0 spiro atoms. The average Bonchev–Trinajstić information content (AvgIpc) is 2.15. The maximum atomic E-state index is 10.1. The van der Waals surface area contributed by atoms with Crippen molar-refractivity contribution in [3.8, 4) is 6.26 Å². The minimum atomic E-state index is -0.0961. The van der Waals surface area contributed by atoms with Gasteiger partial charge in [-0.2, -0.15) is 5.26 Å². The Labute approximate surface area is 84.6 Å². The molecule has 14 heavy (non-hydrogen) atoms. The van der Waals surface area contributed by atoms with E-state index in [4.69, 9.17) is 10.00 Å². The van der Waals surface area contributed by atoms with Crippen LogP contribution >= 0.6 is 0 Å². The zero-order valence-corrected chi connectivity index (χ0v) is 8.69. The van der Waals surface area contributed by atoms with Crippen LogP contribution in [0, 0.1) is 11.5 Å². The molecule has 0 aromatic heterocycles. The highest BCUT2D eigenvalue weighted by molar-refractivity contribution is 5.33. The van der Waals surface area contributed by atoms with Gasteiger partial charge in [0.15, 0.2) is 0 Å². The molecule has 0 N–H and O–H groups in total. The second-order valence-electron chi connectivity index (χ2n) is 3.26. The molecule has 0 aromatic rings. The van der Waals surface area contributed by atoms with Gasteiger partial charge in [0.1, 0.15) is 6.10 Å². The van der Waals surface area contributed by atoms with Crippen LogP contribution in [0.1, 0.15) is 39.5 Å². The predicted molar refractivity (Wildman–Crippen MR) is 52.2 cm³/mol. The summed E-state index contributed by atoms with van der Waals surface area (Å²) in [5.41, 5.74) is 0. The van der Waals surface area contributed by atoms with Gasteiger partial charge in [-0.15, -0.1) is 0 Å². The number of isocyanates is 1. The molecular formula is C10H16N2O2. The van der Waals surface area contributed by atoms with Gasteiger partial charge >= 0.3 is 0 Å². The Hall–Kier alpha value is -1.33. The van der Waals surface area contributed by atoms with Gasteiger partial charge in [-0.3, -0.25) is 0 Å². The highest BCUT2D eigenvalue weighted by atomic mass is 16.5. The molecule has 4 nitrogen and oxygen atoms in total. The van der Waals surface area contributed by atoms with Crippen molar-refractivity contribution in [3.05, 3.63) is 0 Å². The van der Waals surface area contributed by atoms with E-state index in [0.717, 1.165) is 25.7 Å². The number of nitrogens with zero attached hydrogens (tertiary/aromatic N) is 2. The van der Waals surface area contributed by atoms with E-state index in [1.54, 1.807) is 12.3 Å². The number of aliphatic imine (C=N–C) groups is 1. The highest BCUT2D eigenvalue weighted by Crippen LogP contribution is 2.11. The van der Waals surface area contributed by atoms with Crippen molar-refractivity contribution in [2.45, 2.75) is 51.7 Å². The van der Waals surface area contributed by atoms with E-state index < -0.39 is 0 Å². The van der Waals surface area contributed by atoms with Crippen molar-refractivity contribution in [1.29, 1.82) is 5.26 Å². The second-order valence-corrected chi connectivity index (χ2v) is 3.26. The smallest absolute Gasteiger partial charge is 0.286 e. The summed E-state index contributed by atoms with van der Waals surface area (Å²) in [6.45, 7) is 3.87. The minimum Gasteiger partial charge on any atom is -0.424 e. The summed E-state index contributed by atoms with van der Waals surface area (Å²) >= 11 is 0. The molecule has 78 valence electrons. The number of nitriles is 1. The number of carbonyl (C=O) groups excluding carboxylic acids is 1. The van der Waals surface area contributed by atoms with E-state index in [9.17, 15) is 4.79 Å². The normalized spacial score (nSPS) is 13.5. The van der Waals surface area contributed by atoms with Crippen LogP contribution in [0.4, 0.5) is 0 Å². The van der Waals surface area contributed by atoms with Crippen LogP contribution in [-0.4, -0.2) is 18.2 Å². The third-order valence-corrected chi connectivity index (χ3v) is 2.02. The highest BCUT2D eigenvalue weighted by Gasteiger charge is 2.09. The largest absolute Gasteiger partial charge is 0.424 e. The lowest BCUT2D eigenvalue weighted by atomic mass is 10.1. The average molecular weight is 196 g/mol. The van der Waals surface area contributed by atoms with E-state index in [-0.39, 0.29) is 12.1 Å². The lowest BCUT2D eigenvalue weighted by Gasteiger charge is -2.11. The molecule has 0 aliphatic heterocycles. The molecule has 0 aliphatic carbocycles. The van der Waals surface area contributed by atoms with Crippen molar-refractivity contribution in [3.63, 3.8) is 0 Å². The summed E-state index contributed by atoms with van der Waals surface area (Å²) < 4.78 is 4.71. The van der Waals surface area contributed by atoms with Gasteiger partial charge in [-0.05, 0) is 26.2 Å². The summed E-state index contributed by atoms with van der Waals surface area (Å²) in [5.74, 6) is 0. The van der Waals surface area contributed by atoms with E-state index in [2.05, 4.69) is 4.99 Å². The van der Waals surface area contributed by atoms with Crippen LogP contribution in [-0.2, 0) is 9.53 Å². The first-order valence-electron chi connectivity index (χ1n) is 4.86. The third kappa shape index (κ3) is 6.22. The van der Waals surface area contributed by atoms with Gasteiger partial charge < -0.3 is 4.74 Å². The van der Waals surface area contributed by atoms with Crippen LogP contribution in [0.25, 0.3) is 0 Å². The molecule has 0 aromatic carbocycles. The summed E-state index contributed by atoms with van der Waals surface area (Å²) in [7, 11) is 0. The first kappa shape index (κ1) is 12.7. The van der Waals surface area contributed by atoms with Crippen molar-refractivity contribution in [2.24, 2.45) is 4.99 Å². The van der Waals surface area contributed by atoms with Gasteiger partial charge in [0, 0.05) is 0 Å². The summed E-state index contributed by atoms with van der Waals surface area (Å²) in [6, 6.07) is 0.0299. The van der Waals surface area contributed by atoms with Crippen LogP contribution in [0.3, 0.4) is 0 Å². The third-order valence-electron chi connectivity index (χ3n) is 2.02. The van der Waals surface area contributed by atoms with Crippen LogP contribution in [0.15, 0.2) is 4.99 Å². The Morgan fingerprint density at radius 2 is 2.14 bits per heavy atom. The second kappa shape index (κ2) is 8.28. The number of rotatable bonds is 7. The Morgan fingerprint density at radius 3 is 2.64 bits per heavy atom. The lowest BCUT2D eigenvalue weighted by molar-refractivity contribution is 0.164. The number of hydrogen-bond donors (Lipinski definition) is 0. The van der Waals surface area contributed by atoms with Crippen molar-refractivity contribution >= 4 is 6.08 Å². The van der Waals surface area contributed by atoms with Gasteiger partial charge in [0.25, 0.3) is 6.26 Å². The van der Waals surface area contributed by atoms with E-state index >= 15 is 0 Å². The summed E-state index contributed by atoms with van der Waals surface area (Å²) in [6.07, 6.45) is 6.51. The van der Waals surface area contributed by atoms with Crippen LogP contribution in [0.5, 0.6) is 0 Å². The molecule has 0 saturated carbocycles. The molecule has 0 aliphatic rings. The van der Waals surface area contributed by atoms with Gasteiger partial charge in [-0.1, -0.05) is 13.3 Å². The van der Waals surface area contributed by atoms with Crippen LogP contribution in [0.2, 0.25) is 0 Å². The Balaban J connectivity index is 3.81. The van der Waals surface area contributed by atoms with Gasteiger partial charge in [-0.25, -0.2) is 9.79 Å². The molecule has 2 unspecified atom stereocenters. The zero-order chi connectivity index (χ0) is 10.8. The molecule has 0 amide bonds. The van der Waals surface area contributed by atoms with E-state index in [0.29, 0.717) is 0 Å². The van der Waals surface area contributed by atoms with E-state index in [1.165, 1.54) is 0 Å². The fourth-order valence-electron chi connectivity index (χ4n) is 1.26. The van der Waals surface area contributed by atoms with Gasteiger partial charge in [0.2, 0.25) is 6.08 Å². The summed E-state index contributed by atoms with van der Waals surface area (Å²) in [5, 5.41) is 8.25. The quantitative estimate of drug-likeness (QED) is 0.356. The lowest BCUT2D eigenvalue weighted by Crippen LogP contribution is -2.10. The fourth-order valence-corrected chi connectivity index (χ4v) is 1.26. The standard InChI is InChI=1S/C10H16N2O2/c1-3-4-10(12-8-13)6-5-9(2)14-7-11/h9-10H,3-6H2,1-2H3. The first-order chi connectivity index (χ1) is 6.74. The maximum absolute atomic E-state index is 10.1. The monoisotopic (exact) mass is 196 g/mol. The van der Waals surface area contributed by atoms with E-state index in [1.807, 2.05) is 13.8 Å². The maximum Gasteiger partial charge on any atom is 0.286 e. The fraction of sp³-hybridized carbons (Fsp3) is 0.800. The molecule has 2 atom stereocenters. The van der Waals surface area contributed by atoms with Crippen molar-refractivity contribution in [2.75, 3.05) is 0 Å². The van der Waals surface area contributed by atoms with Crippen LogP contribution < -0.4 is 0 Å². The van der Waals surface area contributed by atoms with Crippen molar-refractivity contribution in [1.82, 2.24) is 0 Å². The molecule has 0 heterocycles. The predicted octanol–water partition coefficient (Wildman–Crippen LogP) is 2.16. The summed E-state index contributed by atoms with van der Waals surface area (Å²) in [4.78, 5) is 13.8. The molecule has 4 heteroatoms. The van der Waals surface area contributed by atoms with Gasteiger partial charge in [0.05, 0.1) is 6.04 Å². The zero-order valence-electron chi connectivity index (χ0n) is 8.69. The molecule has 0 radical (unpaired) electrons. The molecule has 0 fully saturated rings. The topological polar surface area (TPSA) is 62.4 Å². The molecule has 0 rings (SSSR count). The SMILES string of the molecule is CCCC(CCC(C)OC#N)N=C=O. The molecular weight excluding hydrogens is 180 g/mol. The number of hydrogen-bond acceptors (Lipinski definition) is 4. The molecule has 0 saturated heterocycles. The Morgan fingerprint density at radius 1 is 1.43 bits per heavy atom. The Kier molecular flexibility index (Phi) is 7.49. The molecule has 0 bridgehead atoms. The van der Waals surface area contributed by atoms with Crippen molar-refractivity contribution < 1.29 is 9.53 Å². The Bertz CT molecular complexity index is 229. The first-order valence-corrected chi connectivity index (χ1v) is 4.86. The number of ether oxygens (including phenoxy) is 1.